The van der Waals surface area contributed by atoms with Gasteiger partial charge in [-0.3, -0.25) is 4.98 Å². The van der Waals surface area contributed by atoms with Gasteiger partial charge < -0.3 is 24.0 Å². The van der Waals surface area contributed by atoms with Gasteiger partial charge in [-0.1, -0.05) is 6.07 Å². The maximum Gasteiger partial charge on any atom is 0.168 e. The average Bonchev–Trinajstić information content (AvgIpc) is 3.31. The second kappa shape index (κ2) is 11.9. The Morgan fingerprint density at radius 3 is 1.73 bits per heavy atom. The quantitative estimate of drug-likeness (QED) is 0.285. The Hall–Kier alpha value is -3.25. The smallest absolute Gasteiger partial charge is 0.168 e. The predicted molar refractivity (Wildman–Crippen MR) is 151 cm³/mol. The molecule has 4 rings (SSSR count). The summed E-state index contributed by atoms with van der Waals surface area (Å²) in [5, 5.41) is 0. The molecule has 1 aliphatic rings. The fraction of sp³-hybridized carbons (Fsp3) is 0.452. The molecule has 2 aromatic carbocycles. The molecule has 0 fully saturated rings. The van der Waals surface area contributed by atoms with Crippen LogP contribution >= 0.6 is 0 Å². The Kier molecular flexibility index (Phi) is 8.59. The molecule has 0 N–H and O–H groups in total. The Labute approximate surface area is 222 Å². The molecule has 0 saturated carbocycles. The molecule has 0 atom stereocenters. The molecular formula is C31H41N3O3. The van der Waals surface area contributed by atoms with Crippen LogP contribution in [0.2, 0.25) is 0 Å². The molecule has 37 heavy (non-hydrogen) atoms. The molecule has 0 aliphatic carbocycles. The van der Waals surface area contributed by atoms with Gasteiger partial charge in [0.2, 0.25) is 0 Å². The van der Waals surface area contributed by atoms with Crippen LogP contribution in [-0.2, 0) is 16.9 Å². The van der Waals surface area contributed by atoms with Crippen LogP contribution in [0.4, 0.5) is 11.4 Å². The van der Waals surface area contributed by atoms with E-state index >= 15 is 0 Å². The number of nitrogens with zero attached hydrogens (tertiary/aromatic N) is 3. The third kappa shape index (κ3) is 4.87. The zero-order valence-corrected chi connectivity index (χ0v) is 23.2. The molecule has 1 aliphatic heterocycles. The molecule has 1 aromatic heterocycles. The summed E-state index contributed by atoms with van der Waals surface area (Å²) in [6.45, 7) is 18.0. The topological polar surface area (TPSA) is 47.1 Å². The van der Waals surface area contributed by atoms with Crippen molar-refractivity contribution in [3.05, 3.63) is 77.1 Å². The molecule has 0 spiro atoms. The van der Waals surface area contributed by atoms with Crippen molar-refractivity contribution in [3.63, 3.8) is 0 Å². The van der Waals surface area contributed by atoms with E-state index < -0.39 is 5.60 Å². The fourth-order valence-corrected chi connectivity index (χ4v) is 5.41. The zero-order chi connectivity index (χ0) is 26.4. The van der Waals surface area contributed by atoms with Crippen molar-refractivity contribution in [2.75, 3.05) is 49.2 Å². The first-order valence-corrected chi connectivity index (χ1v) is 13.7. The van der Waals surface area contributed by atoms with Crippen LogP contribution in [0.5, 0.6) is 11.5 Å². The van der Waals surface area contributed by atoms with E-state index in [9.17, 15) is 0 Å². The van der Waals surface area contributed by atoms with Crippen LogP contribution in [0, 0.1) is 0 Å². The van der Waals surface area contributed by atoms with E-state index in [1.807, 2.05) is 26.1 Å². The van der Waals surface area contributed by atoms with E-state index in [1.54, 1.807) is 0 Å². The Morgan fingerprint density at radius 1 is 0.757 bits per heavy atom. The number of hydrogen-bond donors (Lipinski definition) is 0. The second-order valence-corrected chi connectivity index (χ2v) is 9.05. The van der Waals surface area contributed by atoms with Gasteiger partial charge in [-0.25, -0.2) is 0 Å². The normalized spacial score (nSPS) is 13.8. The van der Waals surface area contributed by atoms with E-state index in [0.717, 1.165) is 71.4 Å². The lowest BCUT2D eigenvalue weighted by Gasteiger charge is -2.34. The molecule has 3 aromatic rings. The largest absolute Gasteiger partial charge is 0.493 e. The van der Waals surface area contributed by atoms with Gasteiger partial charge in [0.05, 0.1) is 25.5 Å². The molecule has 0 radical (unpaired) electrons. The lowest BCUT2D eigenvalue weighted by molar-refractivity contribution is 0.0208. The fourth-order valence-electron chi connectivity index (χ4n) is 5.41. The molecule has 2 heterocycles. The minimum absolute atomic E-state index is 0.468. The van der Waals surface area contributed by atoms with Crippen molar-refractivity contribution in [1.29, 1.82) is 0 Å². The Bertz CT molecular complexity index is 1120. The summed E-state index contributed by atoms with van der Waals surface area (Å²) < 4.78 is 19.4. The molecule has 6 nitrogen and oxygen atoms in total. The average molecular weight is 504 g/mol. The summed E-state index contributed by atoms with van der Waals surface area (Å²) in [4.78, 5) is 9.54. The van der Waals surface area contributed by atoms with Crippen molar-refractivity contribution in [2.24, 2.45) is 0 Å². The number of aromatic nitrogens is 1. The number of anilines is 2. The standard InChI is InChI=1S/C31H41N3O3/c1-7-33(8-2)24-15-17-26(28(20-24)35-11-5)31(30-23(22-37-31)14-13-19-32-30)27-18-16-25(34(9-3)10-4)21-29(27)36-12-6/h13-21H,7-12,22H2,1-6H3. The maximum absolute atomic E-state index is 6.81. The monoisotopic (exact) mass is 503 g/mol. The van der Waals surface area contributed by atoms with Gasteiger partial charge >= 0.3 is 0 Å². The highest BCUT2D eigenvalue weighted by Gasteiger charge is 2.48. The molecular weight excluding hydrogens is 462 g/mol. The first-order chi connectivity index (χ1) is 18.1. The van der Waals surface area contributed by atoms with Crippen LogP contribution in [-0.4, -0.2) is 44.4 Å². The van der Waals surface area contributed by atoms with Gasteiger partial charge in [-0.15, -0.1) is 0 Å². The van der Waals surface area contributed by atoms with E-state index in [2.05, 4.69) is 80.0 Å². The summed E-state index contributed by atoms with van der Waals surface area (Å²) in [6, 6.07) is 17.0. The second-order valence-electron chi connectivity index (χ2n) is 9.05. The predicted octanol–water partition coefficient (Wildman–Crippen LogP) is 6.39. The van der Waals surface area contributed by atoms with Gasteiger partial charge in [-0.2, -0.15) is 0 Å². The third-order valence-corrected chi connectivity index (χ3v) is 7.21. The molecule has 0 unspecified atom stereocenters. The first-order valence-electron chi connectivity index (χ1n) is 13.7. The van der Waals surface area contributed by atoms with E-state index in [1.165, 1.54) is 0 Å². The highest BCUT2D eigenvalue weighted by molar-refractivity contribution is 5.65. The number of rotatable bonds is 12. The minimum Gasteiger partial charge on any atom is -0.493 e. The van der Waals surface area contributed by atoms with E-state index in [4.69, 9.17) is 19.2 Å². The maximum atomic E-state index is 6.81. The Balaban J connectivity index is 2.00. The molecule has 0 amide bonds. The molecule has 0 saturated heterocycles. The van der Waals surface area contributed by atoms with Gasteiger partial charge in [0.25, 0.3) is 0 Å². The van der Waals surface area contributed by atoms with Crippen LogP contribution in [0.25, 0.3) is 0 Å². The van der Waals surface area contributed by atoms with Crippen LogP contribution in [0.1, 0.15) is 63.9 Å². The minimum atomic E-state index is -0.949. The van der Waals surface area contributed by atoms with Crippen molar-refractivity contribution < 1.29 is 14.2 Å². The van der Waals surface area contributed by atoms with E-state index in [0.29, 0.717) is 19.8 Å². The summed E-state index contributed by atoms with van der Waals surface area (Å²) >= 11 is 0. The lowest BCUT2D eigenvalue weighted by atomic mass is 9.81. The van der Waals surface area contributed by atoms with Gasteiger partial charge in [0, 0.05) is 72.6 Å². The van der Waals surface area contributed by atoms with Crippen LogP contribution < -0.4 is 19.3 Å². The van der Waals surface area contributed by atoms with Crippen molar-refractivity contribution in [2.45, 2.75) is 53.8 Å². The SMILES string of the molecule is CCOc1cc(N(CC)CC)ccc1C1(c2ccc(N(CC)CC)cc2OCC)OCc2cccnc21. The van der Waals surface area contributed by atoms with Gasteiger partial charge in [-0.05, 0) is 71.9 Å². The van der Waals surface area contributed by atoms with Crippen LogP contribution in [0.3, 0.4) is 0 Å². The van der Waals surface area contributed by atoms with Gasteiger partial charge in [0.1, 0.15) is 11.5 Å². The summed E-state index contributed by atoms with van der Waals surface area (Å²) in [7, 11) is 0. The summed E-state index contributed by atoms with van der Waals surface area (Å²) in [5.74, 6) is 1.61. The molecule has 0 bridgehead atoms. The highest BCUT2D eigenvalue weighted by Crippen LogP contribution is 2.52. The molecule has 198 valence electrons. The number of pyridine rings is 1. The number of benzene rings is 2. The first kappa shape index (κ1) is 26.8. The van der Waals surface area contributed by atoms with Crippen molar-refractivity contribution in [1.82, 2.24) is 4.98 Å². The highest BCUT2D eigenvalue weighted by atomic mass is 16.5. The van der Waals surface area contributed by atoms with Crippen LogP contribution in [0.15, 0.2) is 54.7 Å². The number of ether oxygens (including phenoxy) is 3. The number of fused-ring (bicyclic) bond motifs is 1. The van der Waals surface area contributed by atoms with Gasteiger partial charge in [0.15, 0.2) is 5.60 Å². The van der Waals surface area contributed by atoms with Crippen molar-refractivity contribution >= 4 is 11.4 Å². The Morgan fingerprint density at radius 2 is 1.27 bits per heavy atom. The third-order valence-electron chi connectivity index (χ3n) is 7.21. The van der Waals surface area contributed by atoms with E-state index in [-0.39, 0.29) is 0 Å². The van der Waals surface area contributed by atoms with Crippen molar-refractivity contribution in [3.8, 4) is 11.5 Å². The summed E-state index contributed by atoms with van der Waals surface area (Å²) in [6.07, 6.45) is 1.84. The summed E-state index contributed by atoms with van der Waals surface area (Å²) in [5.41, 5.74) is 5.17. The number of hydrogen-bond acceptors (Lipinski definition) is 6. The zero-order valence-electron chi connectivity index (χ0n) is 23.2. The molecule has 6 heteroatoms. The lowest BCUT2D eigenvalue weighted by Crippen LogP contribution is -2.32.